The zero-order valence-electron chi connectivity index (χ0n) is 15.7. The Morgan fingerprint density at radius 2 is 1.89 bits per heavy atom. The lowest BCUT2D eigenvalue weighted by Gasteiger charge is -2.36. The summed E-state index contributed by atoms with van der Waals surface area (Å²) in [4.78, 5) is 0.244. The number of aryl methyl sites for hydroxylation is 1. The van der Waals surface area contributed by atoms with E-state index in [2.05, 4.69) is 5.32 Å². The van der Waals surface area contributed by atoms with Crippen molar-refractivity contribution in [1.82, 2.24) is 9.62 Å². The van der Waals surface area contributed by atoms with Crippen LogP contribution in [0, 0.1) is 6.92 Å². The van der Waals surface area contributed by atoms with E-state index in [9.17, 15) is 8.42 Å². The van der Waals surface area contributed by atoms with Gasteiger partial charge in [0.25, 0.3) is 0 Å². The SMILES string of the molecule is COc1ccccc1C1CNCCN1S(=O)(=O)c1cc2c(cc1C)OCO2.Cl. The number of benzene rings is 2. The molecule has 28 heavy (non-hydrogen) atoms. The molecule has 9 heteroatoms. The van der Waals surface area contributed by atoms with Crippen LogP contribution in [0.15, 0.2) is 41.3 Å². The predicted molar refractivity (Wildman–Crippen MR) is 107 cm³/mol. The number of methoxy groups -OCH3 is 1. The Morgan fingerprint density at radius 3 is 2.64 bits per heavy atom. The summed E-state index contributed by atoms with van der Waals surface area (Å²) in [6.45, 7) is 3.36. The monoisotopic (exact) mass is 426 g/mol. The number of piperazine rings is 1. The minimum atomic E-state index is -3.73. The third-order valence-corrected chi connectivity index (χ3v) is 7.00. The third kappa shape index (κ3) is 3.53. The molecule has 1 atom stereocenters. The van der Waals surface area contributed by atoms with Crippen LogP contribution in [-0.2, 0) is 10.0 Å². The topological polar surface area (TPSA) is 77.1 Å². The number of ether oxygens (including phenoxy) is 3. The van der Waals surface area contributed by atoms with E-state index in [0.717, 1.165) is 5.56 Å². The Morgan fingerprint density at radius 1 is 1.18 bits per heavy atom. The smallest absolute Gasteiger partial charge is 0.244 e. The zero-order valence-corrected chi connectivity index (χ0v) is 17.3. The molecule has 1 saturated heterocycles. The van der Waals surface area contributed by atoms with Gasteiger partial charge in [-0.25, -0.2) is 8.42 Å². The molecule has 1 N–H and O–H groups in total. The number of halogens is 1. The number of fused-ring (bicyclic) bond motifs is 1. The Labute approximate surface area is 171 Å². The fourth-order valence-electron chi connectivity index (χ4n) is 3.61. The van der Waals surface area contributed by atoms with Gasteiger partial charge in [0.2, 0.25) is 16.8 Å². The highest BCUT2D eigenvalue weighted by Crippen LogP contribution is 2.39. The number of nitrogens with zero attached hydrogens (tertiary/aromatic N) is 1. The lowest BCUT2D eigenvalue weighted by molar-refractivity contribution is 0.174. The van der Waals surface area contributed by atoms with Crippen molar-refractivity contribution in [2.75, 3.05) is 33.5 Å². The molecule has 7 nitrogen and oxygen atoms in total. The van der Waals surface area contributed by atoms with Gasteiger partial charge in [0.15, 0.2) is 11.5 Å². The van der Waals surface area contributed by atoms with E-state index in [1.165, 1.54) is 0 Å². The second kappa shape index (κ2) is 8.16. The molecule has 1 unspecified atom stereocenters. The van der Waals surface area contributed by atoms with Gasteiger partial charge in [0.1, 0.15) is 5.75 Å². The molecule has 0 aliphatic carbocycles. The molecule has 152 valence electrons. The molecule has 2 aliphatic rings. The van der Waals surface area contributed by atoms with Gasteiger partial charge >= 0.3 is 0 Å². The molecule has 2 heterocycles. The summed E-state index contributed by atoms with van der Waals surface area (Å²) < 4.78 is 44.9. The second-order valence-corrected chi connectivity index (χ2v) is 8.41. The van der Waals surface area contributed by atoms with Crippen LogP contribution in [0.1, 0.15) is 17.2 Å². The largest absolute Gasteiger partial charge is 0.496 e. The summed E-state index contributed by atoms with van der Waals surface area (Å²) >= 11 is 0. The highest BCUT2D eigenvalue weighted by atomic mass is 35.5. The van der Waals surface area contributed by atoms with Gasteiger partial charge in [0, 0.05) is 31.3 Å². The van der Waals surface area contributed by atoms with E-state index in [1.54, 1.807) is 30.5 Å². The van der Waals surface area contributed by atoms with Gasteiger partial charge < -0.3 is 19.5 Å². The lowest BCUT2D eigenvalue weighted by Crippen LogP contribution is -2.48. The summed E-state index contributed by atoms with van der Waals surface area (Å²) in [6, 6.07) is 10.4. The molecular weight excluding hydrogens is 404 g/mol. The molecule has 2 aromatic carbocycles. The fraction of sp³-hybridized carbons (Fsp3) is 0.368. The number of rotatable bonds is 4. The van der Waals surface area contributed by atoms with E-state index in [4.69, 9.17) is 14.2 Å². The maximum atomic E-state index is 13.6. The van der Waals surface area contributed by atoms with Crippen LogP contribution in [0.5, 0.6) is 17.2 Å². The first-order valence-electron chi connectivity index (χ1n) is 8.78. The van der Waals surface area contributed by atoms with Crippen LogP contribution >= 0.6 is 12.4 Å². The van der Waals surface area contributed by atoms with Crippen molar-refractivity contribution in [1.29, 1.82) is 0 Å². The molecule has 2 aromatic rings. The quantitative estimate of drug-likeness (QED) is 0.809. The fourth-order valence-corrected chi connectivity index (χ4v) is 5.44. The average molecular weight is 427 g/mol. The molecule has 0 saturated carbocycles. The Hall–Kier alpha value is -2.00. The third-order valence-electron chi connectivity index (χ3n) is 4.95. The van der Waals surface area contributed by atoms with Gasteiger partial charge in [-0.1, -0.05) is 18.2 Å². The van der Waals surface area contributed by atoms with Gasteiger partial charge in [-0.05, 0) is 24.6 Å². The van der Waals surface area contributed by atoms with E-state index >= 15 is 0 Å². The van der Waals surface area contributed by atoms with Gasteiger partial charge in [-0.3, -0.25) is 0 Å². The molecule has 2 aliphatic heterocycles. The number of hydrogen-bond donors (Lipinski definition) is 1. The molecule has 0 bridgehead atoms. The van der Waals surface area contributed by atoms with Gasteiger partial charge in [-0.15, -0.1) is 12.4 Å². The Balaban J connectivity index is 0.00000225. The number of hydrogen-bond acceptors (Lipinski definition) is 6. The summed E-state index contributed by atoms with van der Waals surface area (Å²) in [5.41, 5.74) is 1.48. The number of para-hydroxylation sites is 1. The molecular formula is C19H23ClN2O5S. The summed E-state index contributed by atoms with van der Waals surface area (Å²) in [5.74, 6) is 1.71. The first-order chi connectivity index (χ1) is 13.0. The molecule has 1 fully saturated rings. The first kappa shape index (κ1) is 20.7. The number of sulfonamides is 1. The van der Waals surface area contributed by atoms with E-state index in [0.29, 0.717) is 42.4 Å². The lowest BCUT2D eigenvalue weighted by atomic mass is 10.0. The van der Waals surface area contributed by atoms with Crippen LogP contribution in [0.3, 0.4) is 0 Å². The molecule has 0 spiro atoms. The van der Waals surface area contributed by atoms with Crippen molar-refractivity contribution in [3.8, 4) is 17.2 Å². The summed E-state index contributed by atoms with van der Waals surface area (Å²) in [6.07, 6.45) is 0. The van der Waals surface area contributed by atoms with Crippen LogP contribution < -0.4 is 19.5 Å². The van der Waals surface area contributed by atoms with Crippen LogP contribution in [-0.4, -0.2) is 46.3 Å². The number of nitrogens with one attached hydrogen (secondary N) is 1. The standard InChI is InChI=1S/C19H22N2O5S.ClH/c1-13-9-17-18(26-12-25-17)10-19(13)27(22,23)21-8-7-20-11-15(21)14-5-3-4-6-16(14)24-2;/h3-6,9-10,15,20H,7-8,11-12H2,1-2H3;1H. The van der Waals surface area contributed by atoms with E-state index in [1.807, 2.05) is 24.3 Å². The maximum Gasteiger partial charge on any atom is 0.244 e. The van der Waals surface area contributed by atoms with Crippen LogP contribution in [0.25, 0.3) is 0 Å². The first-order valence-corrected chi connectivity index (χ1v) is 10.2. The van der Waals surface area contributed by atoms with Gasteiger partial charge in [0.05, 0.1) is 18.0 Å². The van der Waals surface area contributed by atoms with Crippen molar-refractivity contribution in [3.05, 3.63) is 47.5 Å². The van der Waals surface area contributed by atoms with Crippen LogP contribution in [0.2, 0.25) is 0 Å². The normalized spacial score (nSPS) is 19.1. The molecule has 0 aromatic heterocycles. The predicted octanol–water partition coefficient (Wildman–Crippen LogP) is 2.49. The van der Waals surface area contributed by atoms with Gasteiger partial charge in [-0.2, -0.15) is 4.31 Å². The second-order valence-electron chi connectivity index (χ2n) is 6.55. The Bertz CT molecular complexity index is 967. The molecule has 0 radical (unpaired) electrons. The summed E-state index contributed by atoms with van der Waals surface area (Å²) in [5, 5.41) is 3.29. The molecule has 4 rings (SSSR count). The maximum absolute atomic E-state index is 13.6. The minimum absolute atomic E-state index is 0. The van der Waals surface area contributed by atoms with Crippen molar-refractivity contribution in [2.45, 2.75) is 17.9 Å². The van der Waals surface area contributed by atoms with Crippen molar-refractivity contribution >= 4 is 22.4 Å². The highest BCUT2D eigenvalue weighted by molar-refractivity contribution is 7.89. The highest BCUT2D eigenvalue weighted by Gasteiger charge is 2.37. The Kier molecular flexibility index (Phi) is 6.04. The summed E-state index contributed by atoms with van der Waals surface area (Å²) in [7, 11) is -2.14. The zero-order chi connectivity index (χ0) is 19.0. The van der Waals surface area contributed by atoms with Crippen molar-refractivity contribution < 1.29 is 22.6 Å². The van der Waals surface area contributed by atoms with Crippen molar-refractivity contribution in [2.24, 2.45) is 0 Å². The average Bonchev–Trinajstić information content (AvgIpc) is 3.14. The minimum Gasteiger partial charge on any atom is -0.496 e. The molecule has 0 amide bonds. The van der Waals surface area contributed by atoms with Crippen LogP contribution in [0.4, 0.5) is 0 Å². The van der Waals surface area contributed by atoms with E-state index in [-0.39, 0.29) is 30.1 Å². The van der Waals surface area contributed by atoms with Crippen molar-refractivity contribution in [3.63, 3.8) is 0 Å². The van der Waals surface area contributed by atoms with E-state index < -0.39 is 10.0 Å².